The fraction of sp³-hybridized carbons (Fsp3) is 0.224. The summed E-state index contributed by atoms with van der Waals surface area (Å²) in [5, 5.41) is 14.7. The molecule has 0 bridgehead atoms. The highest BCUT2D eigenvalue weighted by Crippen LogP contribution is 2.37. The minimum atomic E-state index is -4.75. The van der Waals surface area contributed by atoms with Gasteiger partial charge in [0.05, 0.1) is 60.6 Å². The number of hydrogen-bond donors (Lipinski definition) is 3. The largest absolute Gasteiger partial charge is 0.480 e. The number of pyridine rings is 2. The molecule has 0 aliphatic heterocycles. The maximum Gasteiger partial charge on any atom is 0.417 e. The predicted molar refractivity (Wildman–Crippen MR) is 256 cm³/mol. The van der Waals surface area contributed by atoms with Gasteiger partial charge in [-0.1, -0.05) is 107 Å². The van der Waals surface area contributed by atoms with E-state index in [1.807, 2.05) is 0 Å². The second-order valence-electron chi connectivity index (χ2n) is 15.8. The maximum atomic E-state index is 13.7. The SMILES string of the molecule is COC(=O)C(Cc1ccc(-c2c(C(F)(F)F)cc(C)n(C)c2=O)cc1)NC(=O)c1c(Cl)cccc1Cl.Cc1cc(C(F)(F)F)c(-c2ccc(CC(NC(=O)c3c(Cl)cccc3Cl)C(=O)O)cc2)c(=O)n1C. The lowest BCUT2D eigenvalue weighted by Gasteiger charge is -2.18. The minimum absolute atomic E-state index is 0.0139. The summed E-state index contributed by atoms with van der Waals surface area (Å²) in [5.41, 5.74) is -3.44. The van der Waals surface area contributed by atoms with Gasteiger partial charge in [-0.3, -0.25) is 19.2 Å². The van der Waals surface area contributed by atoms with E-state index in [9.17, 15) is 60.2 Å². The van der Waals surface area contributed by atoms with Crippen LogP contribution < -0.4 is 21.8 Å². The van der Waals surface area contributed by atoms with Crippen LogP contribution in [0.3, 0.4) is 0 Å². The molecule has 3 N–H and O–H groups in total. The van der Waals surface area contributed by atoms with Crippen molar-refractivity contribution in [3.05, 3.63) is 183 Å². The van der Waals surface area contributed by atoms with E-state index in [0.717, 1.165) is 28.4 Å². The van der Waals surface area contributed by atoms with Crippen molar-refractivity contribution in [2.24, 2.45) is 14.1 Å². The lowest BCUT2D eigenvalue weighted by molar-refractivity contribution is -0.143. The average molecular weight is 1070 g/mol. The number of nitrogens with one attached hydrogen (secondary N) is 2. The maximum absolute atomic E-state index is 13.7. The Hall–Kier alpha value is -6.60. The highest BCUT2D eigenvalue weighted by Gasteiger charge is 2.37. The van der Waals surface area contributed by atoms with E-state index in [1.165, 1.54) is 107 Å². The first kappa shape index (κ1) is 55.3. The number of carbonyl (C=O) groups excluding carboxylic acids is 3. The van der Waals surface area contributed by atoms with Crippen LogP contribution in [-0.4, -0.2) is 57.2 Å². The van der Waals surface area contributed by atoms with Gasteiger partial charge in [0.1, 0.15) is 12.1 Å². The molecule has 2 heterocycles. The fourth-order valence-electron chi connectivity index (χ4n) is 7.16. The number of ether oxygens (including phenoxy) is 1. The number of halogens is 10. The van der Waals surface area contributed by atoms with Crippen LogP contribution in [0.5, 0.6) is 0 Å². The highest BCUT2D eigenvalue weighted by atomic mass is 35.5. The van der Waals surface area contributed by atoms with Crippen molar-refractivity contribution >= 4 is 70.2 Å². The van der Waals surface area contributed by atoms with Gasteiger partial charge < -0.3 is 29.6 Å². The fourth-order valence-corrected chi connectivity index (χ4v) is 8.30. The molecular formula is C49H40Cl4F6N4O8. The number of methoxy groups -OCH3 is 1. The molecule has 6 aromatic rings. The Morgan fingerprint density at radius 1 is 0.592 bits per heavy atom. The van der Waals surface area contributed by atoms with Crippen molar-refractivity contribution in [2.75, 3.05) is 7.11 Å². The van der Waals surface area contributed by atoms with Gasteiger partial charge in [0.15, 0.2) is 0 Å². The summed E-state index contributed by atoms with van der Waals surface area (Å²) in [6, 6.07) is 19.3. The van der Waals surface area contributed by atoms with Crippen LogP contribution in [-0.2, 0) is 53.6 Å². The molecule has 4 aromatic carbocycles. The van der Waals surface area contributed by atoms with Crippen LogP contribution in [0.4, 0.5) is 26.3 Å². The number of carboxylic acid groups (broad SMARTS) is 1. The highest BCUT2D eigenvalue weighted by molar-refractivity contribution is 6.40. The molecule has 374 valence electrons. The number of esters is 1. The lowest BCUT2D eigenvalue weighted by atomic mass is 9.97. The summed E-state index contributed by atoms with van der Waals surface area (Å²) in [7, 11) is 3.92. The van der Waals surface area contributed by atoms with E-state index in [0.29, 0.717) is 11.1 Å². The third-order valence-corrected chi connectivity index (χ3v) is 12.3. The number of carboxylic acids is 1. The number of rotatable bonds is 12. The third-order valence-electron chi connectivity index (χ3n) is 11.1. The molecule has 71 heavy (non-hydrogen) atoms. The molecule has 0 aliphatic carbocycles. The van der Waals surface area contributed by atoms with Crippen LogP contribution in [0.15, 0.2) is 107 Å². The topological polar surface area (TPSA) is 166 Å². The Kier molecular flexibility index (Phi) is 17.7. The summed E-state index contributed by atoms with van der Waals surface area (Å²) < 4.78 is 88.9. The molecule has 0 spiro atoms. The van der Waals surface area contributed by atoms with Crippen LogP contribution in [0, 0.1) is 13.8 Å². The number of benzene rings is 4. The third kappa shape index (κ3) is 13.0. The van der Waals surface area contributed by atoms with Gasteiger partial charge in [-0.25, -0.2) is 9.59 Å². The molecule has 0 saturated carbocycles. The Morgan fingerprint density at radius 3 is 1.23 bits per heavy atom. The van der Waals surface area contributed by atoms with Gasteiger partial charge in [-0.05, 0) is 72.5 Å². The second kappa shape index (κ2) is 22.6. The predicted octanol–water partition coefficient (Wildman–Crippen LogP) is 10.3. The first-order chi connectivity index (χ1) is 33.2. The molecule has 0 fully saturated rings. The summed E-state index contributed by atoms with van der Waals surface area (Å²) in [6.45, 7) is 2.82. The Morgan fingerprint density at radius 2 is 0.915 bits per heavy atom. The molecule has 22 heteroatoms. The first-order valence-electron chi connectivity index (χ1n) is 20.7. The van der Waals surface area contributed by atoms with Gasteiger partial charge in [-0.2, -0.15) is 26.3 Å². The molecule has 6 rings (SSSR count). The van der Waals surface area contributed by atoms with Crippen molar-refractivity contribution in [2.45, 2.75) is 51.1 Å². The zero-order valence-electron chi connectivity index (χ0n) is 37.8. The Balaban J connectivity index is 0.000000264. The van der Waals surface area contributed by atoms with E-state index in [1.54, 1.807) is 6.07 Å². The zero-order valence-corrected chi connectivity index (χ0v) is 40.8. The molecule has 2 unspecified atom stereocenters. The van der Waals surface area contributed by atoms with Gasteiger partial charge >= 0.3 is 24.3 Å². The normalized spacial score (nSPS) is 12.3. The molecular weight excluding hydrogens is 1030 g/mol. The Labute approximate surface area is 420 Å². The Bertz CT molecular complexity index is 3100. The van der Waals surface area contributed by atoms with Crippen molar-refractivity contribution < 1.29 is 55.4 Å². The molecule has 0 radical (unpaired) electrons. The summed E-state index contributed by atoms with van der Waals surface area (Å²) in [4.78, 5) is 74.7. The van der Waals surface area contributed by atoms with Gasteiger partial charge in [-0.15, -0.1) is 0 Å². The summed E-state index contributed by atoms with van der Waals surface area (Å²) >= 11 is 24.1. The van der Waals surface area contributed by atoms with E-state index in [4.69, 9.17) is 51.1 Å². The van der Waals surface area contributed by atoms with Gasteiger partial charge in [0.2, 0.25) is 0 Å². The van der Waals surface area contributed by atoms with Crippen molar-refractivity contribution in [1.29, 1.82) is 0 Å². The summed E-state index contributed by atoms with van der Waals surface area (Å²) in [5.74, 6) is -3.57. The zero-order chi connectivity index (χ0) is 52.9. The number of aryl methyl sites for hydroxylation is 2. The first-order valence-corrected chi connectivity index (χ1v) is 22.2. The second-order valence-corrected chi connectivity index (χ2v) is 17.4. The average Bonchev–Trinajstić information content (AvgIpc) is 3.29. The van der Waals surface area contributed by atoms with Gasteiger partial charge in [0, 0.05) is 38.3 Å². The molecule has 0 saturated heterocycles. The summed E-state index contributed by atoms with van der Waals surface area (Å²) in [6.07, 6.45) is -9.70. The number of carbonyl (C=O) groups is 4. The van der Waals surface area contributed by atoms with Crippen LogP contribution >= 0.6 is 46.4 Å². The number of alkyl halides is 6. The molecule has 0 aliphatic rings. The molecule has 2 atom stereocenters. The molecule has 2 amide bonds. The lowest BCUT2D eigenvalue weighted by Crippen LogP contribution is -2.43. The number of aromatic nitrogens is 2. The molecule has 2 aromatic heterocycles. The van der Waals surface area contributed by atoms with Crippen molar-refractivity contribution in [1.82, 2.24) is 19.8 Å². The number of hydrogen-bond acceptors (Lipinski definition) is 7. The smallest absolute Gasteiger partial charge is 0.417 e. The van der Waals surface area contributed by atoms with Crippen molar-refractivity contribution in [3.8, 4) is 22.3 Å². The van der Waals surface area contributed by atoms with E-state index >= 15 is 0 Å². The van der Waals surface area contributed by atoms with E-state index in [2.05, 4.69) is 10.6 Å². The minimum Gasteiger partial charge on any atom is -0.480 e. The van der Waals surface area contributed by atoms with Gasteiger partial charge in [0.25, 0.3) is 22.9 Å². The van der Waals surface area contributed by atoms with Crippen LogP contribution in [0.1, 0.15) is 54.4 Å². The molecule has 12 nitrogen and oxygen atoms in total. The van der Waals surface area contributed by atoms with Crippen LogP contribution in [0.2, 0.25) is 20.1 Å². The monoisotopic (exact) mass is 1070 g/mol. The van der Waals surface area contributed by atoms with E-state index in [-0.39, 0.29) is 66.6 Å². The number of amides is 2. The van der Waals surface area contributed by atoms with E-state index < -0.39 is 81.6 Å². The number of nitrogens with zero attached hydrogens (tertiary/aromatic N) is 2. The quantitative estimate of drug-likeness (QED) is 0.0805. The number of aliphatic carboxylic acids is 1. The van der Waals surface area contributed by atoms with Crippen LogP contribution in [0.25, 0.3) is 22.3 Å². The standard InChI is InChI=1S/C25H21Cl2F3N2O4.C24H19Cl2F3N2O4/c1-13-11-16(25(28,29)30)20(23(34)32(13)2)15-9-7-14(8-10-15)12-19(24(35)36-3)31-22(33)21-17(26)5-4-6-18(21)27;1-12-10-15(24(27,28)29)19(22(33)31(12)2)14-8-6-13(7-9-14)11-18(23(34)35)30-21(32)20-16(25)4-3-5-17(20)26/h4-11,19H,12H2,1-3H3,(H,31,33);3-10,18H,11H2,1-2H3,(H,30,32)(H,34,35). The van der Waals surface area contributed by atoms with Crippen molar-refractivity contribution in [3.63, 3.8) is 0 Å².